The zero-order valence-electron chi connectivity index (χ0n) is 7.68. The first-order chi connectivity index (χ1) is 6.66. The fourth-order valence-electron chi connectivity index (χ4n) is 1.18. The molecule has 0 atom stereocenters. The zero-order valence-corrected chi connectivity index (χ0v) is 8.44. The van der Waals surface area contributed by atoms with Crippen molar-refractivity contribution in [1.82, 2.24) is 19.3 Å². The molecule has 0 radical (unpaired) electrons. The van der Waals surface area contributed by atoms with Crippen LogP contribution < -0.4 is 5.73 Å². The van der Waals surface area contributed by atoms with Crippen molar-refractivity contribution in [3.63, 3.8) is 0 Å². The van der Waals surface area contributed by atoms with Crippen LogP contribution in [0.4, 0.5) is 5.82 Å². The Labute approximate surface area is 86.1 Å². The molecule has 14 heavy (non-hydrogen) atoms. The van der Waals surface area contributed by atoms with Crippen LogP contribution in [0.3, 0.4) is 0 Å². The molecule has 0 spiro atoms. The number of aromatic nitrogens is 4. The third-order valence-corrected chi connectivity index (χ3v) is 2.34. The molecule has 6 heteroatoms. The normalized spacial score (nSPS) is 10.7. The summed E-state index contributed by atoms with van der Waals surface area (Å²) in [4.78, 5) is 4.15. The van der Waals surface area contributed by atoms with Gasteiger partial charge in [0.05, 0.1) is 12.7 Å². The summed E-state index contributed by atoms with van der Waals surface area (Å²) in [6.07, 6.45) is 3.42. The molecular weight excluding hydrogens is 202 g/mol. The summed E-state index contributed by atoms with van der Waals surface area (Å²) in [7, 11) is 1.86. The number of hydrogen-bond donors (Lipinski definition) is 1. The van der Waals surface area contributed by atoms with Crippen LogP contribution in [0.5, 0.6) is 0 Å². The van der Waals surface area contributed by atoms with Crippen LogP contribution in [0.15, 0.2) is 18.5 Å². The van der Waals surface area contributed by atoms with E-state index in [1.54, 1.807) is 27.7 Å². The fourth-order valence-corrected chi connectivity index (χ4v) is 1.33. The largest absolute Gasteiger partial charge is 0.382 e. The molecule has 2 aromatic heterocycles. The first-order valence-corrected chi connectivity index (χ1v) is 4.49. The van der Waals surface area contributed by atoms with E-state index in [1.807, 2.05) is 7.05 Å². The summed E-state index contributed by atoms with van der Waals surface area (Å²) >= 11 is 5.85. The molecule has 0 saturated heterocycles. The molecule has 2 heterocycles. The number of rotatable bonds is 2. The third kappa shape index (κ3) is 1.58. The molecular formula is C8H10ClN5. The minimum Gasteiger partial charge on any atom is -0.382 e. The lowest BCUT2D eigenvalue weighted by atomic mass is 10.6. The molecule has 0 aliphatic rings. The minimum absolute atomic E-state index is 0.505. The van der Waals surface area contributed by atoms with Crippen LogP contribution in [0.1, 0.15) is 5.82 Å². The van der Waals surface area contributed by atoms with E-state index in [9.17, 15) is 0 Å². The van der Waals surface area contributed by atoms with E-state index in [-0.39, 0.29) is 0 Å². The van der Waals surface area contributed by atoms with Gasteiger partial charge in [-0.25, -0.2) is 4.98 Å². The quantitative estimate of drug-likeness (QED) is 0.803. The van der Waals surface area contributed by atoms with Gasteiger partial charge in [0.1, 0.15) is 16.8 Å². The Balaban J connectivity index is 2.22. The van der Waals surface area contributed by atoms with Crippen molar-refractivity contribution in [3.05, 3.63) is 29.4 Å². The highest BCUT2D eigenvalue weighted by Gasteiger charge is 2.05. The van der Waals surface area contributed by atoms with Gasteiger partial charge in [-0.05, 0) is 6.07 Å². The number of hydrogen-bond acceptors (Lipinski definition) is 3. The Morgan fingerprint density at radius 2 is 2.36 bits per heavy atom. The van der Waals surface area contributed by atoms with Gasteiger partial charge >= 0.3 is 0 Å². The fraction of sp³-hybridized carbons (Fsp3) is 0.250. The minimum atomic E-state index is 0.505. The number of nitrogen functional groups attached to an aromatic ring is 1. The van der Waals surface area contributed by atoms with Gasteiger partial charge in [-0.3, -0.25) is 4.68 Å². The van der Waals surface area contributed by atoms with Crippen LogP contribution in [-0.4, -0.2) is 19.3 Å². The van der Waals surface area contributed by atoms with Gasteiger partial charge in [-0.2, -0.15) is 5.10 Å². The monoisotopic (exact) mass is 211 g/mol. The molecule has 0 unspecified atom stereocenters. The first kappa shape index (κ1) is 9.08. The van der Waals surface area contributed by atoms with Gasteiger partial charge in [-0.15, -0.1) is 0 Å². The Kier molecular flexibility index (Phi) is 2.17. The van der Waals surface area contributed by atoms with Crippen LogP contribution in [0.2, 0.25) is 5.15 Å². The topological polar surface area (TPSA) is 61.7 Å². The second-order valence-corrected chi connectivity index (χ2v) is 3.38. The molecule has 0 aliphatic heterocycles. The number of nitrogens with two attached hydrogens (primary N) is 1. The van der Waals surface area contributed by atoms with Gasteiger partial charge in [0.2, 0.25) is 0 Å². The van der Waals surface area contributed by atoms with E-state index in [4.69, 9.17) is 17.3 Å². The van der Waals surface area contributed by atoms with Crippen molar-refractivity contribution in [3.8, 4) is 0 Å². The Morgan fingerprint density at radius 3 is 2.86 bits per heavy atom. The molecule has 2 rings (SSSR count). The van der Waals surface area contributed by atoms with Crippen molar-refractivity contribution in [2.24, 2.45) is 7.05 Å². The highest BCUT2D eigenvalue weighted by Crippen LogP contribution is 2.10. The molecule has 0 aliphatic carbocycles. The average molecular weight is 212 g/mol. The van der Waals surface area contributed by atoms with E-state index >= 15 is 0 Å². The van der Waals surface area contributed by atoms with E-state index < -0.39 is 0 Å². The van der Waals surface area contributed by atoms with Gasteiger partial charge in [0.15, 0.2) is 0 Å². The predicted octanol–water partition coefficient (Wildman–Crippen LogP) is 0.900. The van der Waals surface area contributed by atoms with E-state index in [2.05, 4.69) is 10.1 Å². The zero-order chi connectivity index (χ0) is 10.1. The Bertz CT molecular complexity index is 444. The Morgan fingerprint density at radius 1 is 1.57 bits per heavy atom. The highest BCUT2D eigenvalue weighted by atomic mass is 35.5. The molecule has 0 fully saturated rings. The molecule has 0 amide bonds. The molecule has 2 N–H and O–H groups in total. The SMILES string of the molecule is Cn1c(Cl)cnc1Cn1ccc(N)n1. The molecule has 2 aromatic rings. The Hall–Kier alpha value is -1.49. The maximum Gasteiger partial charge on any atom is 0.145 e. The van der Waals surface area contributed by atoms with Crippen molar-refractivity contribution in [2.45, 2.75) is 6.54 Å². The standard InChI is InChI=1S/C8H10ClN5/c1-13-6(9)4-11-8(13)5-14-3-2-7(10)12-14/h2-4H,5H2,1H3,(H2,10,12). The summed E-state index contributed by atoms with van der Waals surface area (Å²) in [5.41, 5.74) is 5.49. The smallest absolute Gasteiger partial charge is 0.145 e. The molecule has 74 valence electrons. The lowest BCUT2D eigenvalue weighted by Gasteiger charge is -2.02. The molecule has 0 bridgehead atoms. The van der Waals surface area contributed by atoms with Crippen LogP contribution in [0.25, 0.3) is 0 Å². The van der Waals surface area contributed by atoms with E-state index in [0.29, 0.717) is 17.5 Å². The molecule has 0 saturated carbocycles. The van der Waals surface area contributed by atoms with Crippen LogP contribution >= 0.6 is 11.6 Å². The summed E-state index contributed by atoms with van der Waals surface area (Å²) in [6.45, 7) is 0.570. The predicted molar refractivity (Wildman–Crippen MR) is 54.0 cm³/mol. The molecule has 0 aromatic carbocycles. The second kappa shape index (κ2) is 3.34. The van der Waals surface area contributed by atoms with Crippen molar-refractivity contribution >= 4 is 17.4 Å². The maximum absolute atomic E-state index is 5.85. The number of nitrogens with zero attached hydrogens (tertiary/aromatic N) is 4. The van der Waals surface area contributed by atoms with E-state index in [1.165, 1.54) is 0 Å². The van der Waals surface area contributed by atoms with Gasteiger partial charge in [0.25, 0.3) is 0 Å². The lowest BCUT2D eigenvalue weighted by Crippen LogP contribution is -2.06. The second-order valence-electron chi connectivity index (χ2n) is 2.99. The number of anilines is 1. The maximum atomic E-state index is 5.85. The summed E-state index contributed by atoms with van der Waals surface area (Å²) in [6, 6.07) is 1.74. The summed E-state index contributed by atoms with van der Waals surface area (Å²) in [5, 5.41) is 4.67. The molecule has 5 nitrogen and oxygen atoms in total. The van der Waals surface area contributed by atoms with Gasteiger partial charge in [0, 0.05) is 13.2 Å². The van der Waals surface area contributed by atoms with Crippen LogP contribution in [0, 0.1) is 0 Å². The highest BCUT2D eigenvalue weighted by molar-refractivity contribution is 6.29. The van der Waals surface area contributed by atoms with Gasteiger partial charge < -0.3 is 10.3 Å². The summed E-state index contributed by atoms with van der Waals surface area (Å²) in [5.74, 6) is 1.35. The van der Waals surface area contributed by atoms with Crippen molar-refractivity contribution < 1.29 is 0 Å². The first-order valence-electron chi connectivity index (χ1n) is 4.12. The van der Waals surface area contributed by atoms with Crippen LogP contribution in [-0.2, 0) is 13.6 Å². The average Bonchev–Trinajstić information content (AvgIpc) is 2.67. The summed E-state index contributed by atoms with van der Waals surface area (Å²) < 4.78 is 3.52. The number of halogens is 1. The van der Waals surface area contributed by atoms with Crippen molar-refractivity contribution in [1.29, 1.82) is 0 Å². The third-order valence-electron chi connectivity index (χ3n) is 1.99. The van der Waals surface area contributed by atoms with E-state index in [0.717, 1.165) is 5.82 Å². The lowest BCUT2D eigenvalue weighted by molar-refractivity contribution is 0.634. The number of imidazole rings is 1. The van der Waals surface area contributed by atoms with Gasteiger partial charge in [-0.1, -0.05) is 11.6 Å². The van der Waals surface area contributed by atoms with Crippen molar-refractivity contribution in [2.75, 3.05) is 5.73 Å².